The van der Waals surface area contributed by atoms with Gasteiger partial charge >= 0.3 is 12.1 Å². The summed E-state index contributed by atoms with van der Waals surface area (Å²) in [5.41, 5.74) is -0.525. The third-order valence-electron chi connectivity index (χ3n) is 1.96. The van der Waals surface area contributed by atoms with Crippen LogP contribution in [0.3, 0.4) is 0 Å². The Morgan fingerprint density at radius 2 is 2.17 bits per heavy atom. The minimum atomic E-state index is -0.525. The zero-order valence-corrected chi connectivity index (χ0v) is 11.8. The van der Waals surface area contributed by atoms with Crippen LogP contribution in [0.5, 0.6) is 0 Å². The van der Waals surface area contributed by atoms with Crippen LogP contribution in [0.4, 0.5) is 4.79 Å². The molecule has 1 N–H and O–H groups in total. The first-order valence-corrected chi connectivity index (χ1v) is 6.54. The fraction of sp³-hybridized carbons (Fsp3) is 0.727. The summed E-state index contributed by atoms with van der Waals surface area (Å²) in [7, 11) is 1.33. The Balaban J connectivity index is 2.37. The van der Waals surface area contributed by atoms with Gasteiger partial charge in [0.05, 0.1) is 18.7 Å². The van der Waals surface area contributed by atoms with Crippen LogP contribution in [0.15, 0.2) is 4.99 Å². The van der Waals surface area contributed by atoms with E-state index in [9.17, 15) is 9.59 Å². The number of nitrogens with one attached hydrogen (secondary N) is 1. The molecule has 1 heterocycles. The lowest BCUT2D eigenvalue weighted by molar-refractivity contribution is -0.141. The molecule has 0 aromatic carbocycles. The summed E-state index contributed by atoms with van der Waals surface area (Å²) >= 11 is 1.43. The minimum Gasteiger partial charge on any atom is -0.467 e. The Morgan fingerprint density at radius 3 is 2.72 bits per heavy atom. The first-order valence-electron chi connectivity index (χ1n) is 5.56. The van der Waals surface area contributed by atoms with E-state index in [1.807, 2.05) is 0 Å². The Bertz CT molecular complexity index is 363. The molecule has 18 heavy (non-hydrogen) atoms. The van der Waals surface area contributed by atoms with Gasteiger partial charge in [0.1, 0.15) is 5.60 Å². The number of alkyl carbamates (subject to hydrolysis) is 1. The average molecular weight is 274 g/mol. The number of thioether (sulfide) groups is 1. The lowest BCUT2D eigenvalue weighted by Crippen LogP contribution is -2.34. The van der Waals surface area contributed by atoms with Gasteiger partial charge in [-0.25, -0.2) is 9.59 Å². The van der Waals surface area contributed by atoms with Crippen molar-refractivity contribution >= 4 is 28.9 Å². The predicted molar refractivity (Wildman–Crippen MR) is 69.9 cm³/mol. The Hall–Kier alpha value is -1.24. The molecular weight excluding hydrogens is 256 g/mol. The van der Waals surface area contributed by atoms with Crippen molar-refractivity contribution in [2.24, 2.45) is 4.99 Å². The SMILES string of the molecule is COC(=O)[C@H]1CSC(CNC(=O)OC(C)(C)C)=N1. The van der Waals surface area contributed by atoms with Crippen LogP contribution in [0.2, 0.25) is 0 Å². The van der Waals surface area contributed by atoms with Crippen LogP contribution in [0, 0.1) is 0 Å². The Labute approximate surface area is 111 Å². The predicted octanol–water partition coefficient (Wildman–Crippen LogP) is 1.20. The number of nitrogens with zero attached hydrogens (tertiary/aromatic N) is 1. The van der Waals surface area contributed by atoms with Crippen molar-refractivity contribution < 1.29 is 19.1 Å². The average Bonchev–Trinajstić information content (AvgIpc) is 2.71. The van der Waals surface area contributed by atoms with E-state index in [2.05, 4.69) is 15.0 Å². The van der Waals surface area contributed by atoms with Crippen LogP contribution in [-0.2, 0) is 14.3 Å². The summed E-state index contributed by atoms with van der Waals surface area (Å²) in [6, 6.07) is -0.463. The molecule has 1 amide bonds. The summed E-state index contributed by atoms with van der Waals surface area (Å²) < 4.78 is 9.69. The highest BCUT2D eigenvalue weighted by Gasteiger charge is 2.26. The molecule has 0 spiro atoms. The standard InChI is InChI=1S/C11H18N2O4S/c1-11(2,3)17-10(15)12-5-8-13-7(6-18-8)9(14)16-4/h7H,5-6H2,1-4H3,(H,12,15)/t7-/m1/s1. The molecule has 1 aliphatic rings. The van der Waals surface area contributed by atoms with Crippen molar-refractivity contribution in [3.63, 3.8) is 0 Å². The number of rotatable bonds is 3. The maximum absolute atomic E-state index is 11.4. The number of amides is 1. The lowest BCUT2D eigenvalue weighted by atomic mass is 10.2. The highest BCUT2D eigenvalue weighted by molar-refractivity contribution is 8.14. The van der Waals surface area contributed by atoms with Gasteiger partial charge < -0.3 is 14.8 Å². The zero-order valence-electron chi connectivity index (χ0n) is 11.0. The quantitative estimate of drug-likeness (QED) is 0.782. The maximum atomic E-state index is 11.4. The lowest BCUT2D eigenvalue weighted by Gasteiger charge is -2.19. The fourth-order valence-corrected chi connectivity index (χ4v) is 2.18. The van der Waals surface area contributed by atoms with Crippen LogP contribution in [-0.4, -0.2) is 48.2 Å². The van der Waals surface area contributed by atoms with E-state index in [0.29, 0.717) is 10.8 Å². The number of hydrogen-bond acceptors (Lipinski definition) is 6. The molecule has 0 unspecified atom stereocenters. The highest BCUT2D eigenvalue weighted by atomic mass is 32.2. The number of ether oxygens (including phenoxy) is 2. The Kier molecular flexibility index (Phi) is 5.01. The van der Waals surface area contributed by atoms with E-state index in [1.165, 1.54) is 18.9 Å². The molecule has 102 valence electrons. The van der Waals surface area contributed by atoms with E-state index in [-0.39, 0.29) is 12.5 Å². The molecule has 0 bridgehead atoms. The Morgan fingerprint density at radius 1 is 1.50 bits per heavy atom. The molecule has 1 aliphatic heterocycles. The molecule has 1 rings (SSSR count). The molecule has 1 atom stereocenters. The molecule has 0 saturated carbocycles. The van der Waals surface area contributed by atoms with Crippen molar-refractivity contribution in [2.75, 3.05) is 19.4 Å². The molecule has 0 aromatic heterocycles. The van der Waals surface area contributed by atoms with E-state index in [1.54, 1.807) is 20.8 Å². The molecule has 6 nitrogen and oxygen atoms in total. The molecule has 0 aromatic rings. The topological polar surface area (TPSA) is 77.0 Å². The summed E-state index contributed by atoms with van der Waals surface area (Å²) in [6.07, 6.45) is -0.493. The third-order valence-corrected chi connectivity index (χ3v) is 3.03. The van der Waals surface area contributed by atoms with Gasteiger partial charge in [-0.2, -0.15) is 0 Å². The number of carbonyl (C=O) groups excluding carboxylic acids is 2. The smallest absolute Gasteiger partial charge is 0.407 e. The minimum absolute atomic E-state index is 0.271. The zero-order chi connectivity index (χ0) is 13.8. The van der Waals surface area contributed by atoms with Crippen LogP contribution < -0.4 is 5.32 Å². The monoisotopic (exact) mass is 274 g/mol. The summed E-state index contributed by atoms with van der Waals surface area (Å²) in [6.45, 7) is 5.65. The second-order valence-corrected chi connectivity index (χ2v) is 5.82. The van der Waals surface area contributed by atoms with Crippen molar-refractivity contribution in [2.45, 2.75) is 32.4 Å². The van der Waals surface area contributed by atoms with Gasteiger partial charge in [0.15, 0.2) is 6.04 Å². The van der Waals surface area contributed by atoms with Gasteiger partial charge in [-0.3, -0.25) is 4.99 Å². The van der Waals surface area contributed by atoms with Crippen molar-refractivity contribution in [1.29, 1.82) is 0 Å². The first kappa shape index (κ1) is 14.8. The number of carbonyl (C=O) groups is 2. The van der Waals surface area contributed by atoms with E-state index < -0.39 is 17.7 Å². The van der Waals surface area contributed by atoms with E-state index >= 15 is 0 Å². The van der Waals surface area contributed by atoms with Gasteiger partial charge in [-0.05, 0) is 20.8 Å². The number of esters is 1. The molecule has 0 aliphatic carbocycles. The van der Waals surface area contributed by atoms with Crippen LogP contribution in [0.25, 0.3) is 0 Å². The maximum Gasteiger partial charge on any atom is 0.407 e. The van der Waals surface area contributed by atoms with Gasteiger partial charge in [-0.1, -0.05) is 0 Å². The number of hydrogen-bond donors (Lipinski definition) is 1. The summed E-state index contributed by atoms with van der Waals surface area (Å²) in [4.78, 5) is 26.8. The van der Waals surface area contributed by atoms with Gasteiger partial charge in [-0.15, -0.1) is 11.8 Å². The molecule has 7 heteroatoms. The largest absolute Gasteiger partial charge is 0.467 e. The van der Waals surface area contributed by atoms with Gasteiger partial charge in [0.2, 0.25) is 0 Å². The van der Waals surface area contributed by atoms with E-state index in [0.717, 1.165) is 0 Å². The molecule has 0 fully saturated rings. The second kappa shape index (κ2) is 6.08. The van der Waals surface area contributed by atoms with Crippen molar-refractivity contribution in [3.8, 4) is 0 Å². The number of aliphatic imine (C=N–C) groups is 1. The summed E-state index contributed by atoms with van der Waals surface area (Å²) in [5.74, 6) is 0.202. The summed E-state index contributed by atoms with van der Waals surface area (Å²) in [5, 5.41) is 3.30. The second-order valence-electron chi connectivity index (χ2n) is 4.73. The first-order chi connectivity index (χ1) is 8.31. The van der Waals surface area contributed by atoms with Gasteiger partial charge in [0, 0.05) is 5.75 Å². The van der Waals surface area contributed by atoms with Crippen LogP contribution >= 0.6 is 11.8 Å². The van der Waals surface area contributed by atoms with Crippen molar-refractivity contribution in [3.05, 3.63) is 0 Å². The molecular formula is C11H18N2O4S. The van der Waals surface area contributed by atoms with Crippen LogP contribution in [0.1, 0.15) is 20.8 Å². The van der Waals surface area contributed by atoms with E-state index in [4.69, 9.17) is 4.74 Å². The van der Waals surface area contributed by atoms with Crippen molar-refractivity contribution in [1.82, 2.24) is 5.32 Å². The normalized spacial score (nSPS) is 19.1. The third kappa shape index (κ3) is 4.95. The van der Waals surface area contributed by atoms with Gasteiger partial charge in [0.25, 0.3) is 0 Å². The number of methoxy groups -OCH3 is 1. The highest BCUT2D eigenvalue weighted by Crippen LogP contribution is 2.18. The fourth-order valence-electron chi connectivity index (χ4n) is 1.24. The molecule has 0 radical (unpaired) electrons. The molecule has 0 saturated heterocycles.